The highest BCUT2D eigenvalue weighted by Gasteiger charge is 2.39. The highest BCUT2D eigenvalue weighted by Crippen LogP contribution is 2.40. The monoisotopic (exact) mass is 508 g/mol. The number of amides is 1. The van der Waals surface area contributed by atoms with E-state index >= 15 is 0 Å². The van der Waals surface area contributed by atoms with Gasteiger partial charge in [0.25, 0.3) is 5.91 Å². The van der Waals surface area contributed by atoms with Gasteiger partial charge in [0.15, 0.2) is 5.69 Å². The Morgan fingerprint density at radius 3 is 2.50 bits per heavy atom. The number of hydrogen-bond donors (Lipinski definition) is 2. The first kappa shape index (κ1) is 24.2. The van der Waals surface area contributed by atoms with Gasteiger partial charge < -0.3 is 10.6 Å². The maximum atomic E-state index is 13.4. The van der Waals surface area contributed by atoms with Crippen molar-refractivity contribution in [2.24, 2.45) is 0 Å². The van der Waals surface area contributed by atoms with Gasteiger partial charge in [-0.05, 0) is 43.5 Å². The van der Waals surface area contributed by atoms with Crippen molar-refractivity contribution in [3.05, 3.63) is 92.7 Å². The van der Waals surface area contributed by atoms with Crippen LogP contribution in [0.4, 0.5) is 19.0 Å². The summed E-state index contributed by atoms with van der Waals surface area (Å²) in [7, 11) is 0. The fourth-order valence-corrected chi connectivity index (χ4v) is 4.32. The Labute approximate surface area is 204 Å². The molecule has 0 saturated carbocycles. The molecule has 178 valence electrons. The van der Waals surface area contributed by atoms with Crippen LogP contribution >= 0.6 is 23.2 Å². The third-order valence-corrected chi connectivity index (χ3v) is 6.27. The Balaban J connectivity index is 1.72. The number of carbonyl (C=O) groups excluding carboxylic acids is 1. The zero-order chi connectivity index (χ0) is 24.6. The highest BCUT2D eigenvalue weighted by molar-refractivity contribution is 6.42. The van der Waals surface area contributed by atoms with E-state index in [0.717, 1.165) is 16.3 Å². The van der Waals surface area contributed by atoms with E-state index < -0.39 is 23.8 Å². The first-order valence-electron chi connectivity index (χ1n) is 10.5. The molecule has 1 aliphatic heterocycles. The third kappa shape index (κ3) is 4.93. The van der Waals surface area contributed by atoms with E-state index in [-0.39, 0.29) is 22.5 Å². The molecule has 34 heavy (non-hydrogen) atoms. The minimum atomic E-state index is -4.64. The van der Waals surface area contributed by atoms with Crippen LogP contribution in [0.15, 0.2) is 65.9 Å². The molecule has 10 heteroatoms. The van der Waals surface area contributed by atoms with Crippen molar-refractivity contribution in [1.82, 2.24) is 15.1 Å². The van der Waals surface area contributed by atoms with Crippen molar-refractivity contribution in [2.45, 2.75) is 38.5 Å². The summed E-state index contributed by atoms with van der Waals surface area (Å²) < 4.78 is 41.4. The highest BCUT2D eigenvalue weighted by atomic mass is 35.5. The molecule has 0 saturated heterocycles. The van der Waals surface area contributed by atoms with E-state index in [1.165, 1.54) is 12.1 Å². The molecule has 2 aromatic carbocycles. The topological polar surface area (TPSA) is 59.0 Å². The molecule has 0 spiro atoms. The van der Waals surface area contributed by atoms with Crippen LogP contribution in [0.5, 0.6) is 0 Å². The lowest BCUT2D eigenvalue weighted by Crippen LogP contribution is -2.40. The summed E-state index contributed by atoms with van der Waals surface area (Å²) in [6.07, 6.45) is -4.05. The molecule has 3 aromatic rings. The molecule has 2 heterocycles. The average molecular weight is 509 g/mol. The van der Waals surface area contributed by atoms with Crippen LogP contribution in [0.2, 0.25) is 10.0 Å². The summed E-state index contributed by atoms with van der Waals surface area (Å²) in [6.45, 7) is 3.51. The van der Waals surface area contributed by atoms with Gasteiger partial charge in [0.1, 0.15) is 11.9 Å². The summed E-state index contributed by atoms with van der Waals surface area (Å²) in [5, 5.41) is 10.2. The Kier molecular flexibility index (Phi) is 6.64. The van der Waals surface area contributed by atoms with Gasteiger partial charge in [-0.15, -0.1) is 0 Å². The molecule has 4 rings (SSSR count). The lowest BCUT2D eigenvalue weighted by Gasteiger charge is -2.30. The number of hydrogen-bond acceptors (Lipinski definition) is 3. The molecule has 1 aromatic heterocycles. The zero-order valence-electron chi connectivity index (χ0n) is 18.3. The maximum absolute atomic E-state index is 13.4. The number of aromatic nitrogens is 2. The van der Waals surface area contributed by atoms with Gasteiger partial charge in [-0.3, -0.25) is 4.79 Å². The second kappa shape index (κ2) is 9.35. The number of halogens is 5. The van der Waals surface area contributed by atoms with Gasteiger partial charge in [-0.1, -0.05) is 59.6 Å². The predicted molar refractivity (Wildman–Crippen MR) is 126 cm³/mol. The Morgan fingerprint density at radius 1 is 1.15 bits per heavy atom. The van der Waals surface area contributed by atoms with Crippen molar-refractivity contribution in [2.75, 3.05) is 5.32 Å². The number of carbonyl (C=O) groups is 1. The van der Waals surface area contributed by atoms with Gasteiger partial charge in [0.2, 0.25) is 0 Å². The zero-order valence-corrected chi connectivity index (χ0v) is 19.8. The summed E-state index contributed by atoms with van der Waals surface area (Å²) in [5.41, 5.74) is 1.12. The normalized spacial score (nSPS) is 16.6. The number of benzene rings is 2. The van der Waals surface area contributed by atoms with E-state index in [1.807, 2.05) is 37.3 Å². The van der Waals surface area contributed by atoms with Crippen LogP contribution < -0.4 is 10.6 Å². The van der Waals surface area contributed by atoms with Crippen molar-refractivity contribution in [3.8, 4) is 0 Å². The lowest BCUT2D eigenvalue weighted by molar-refractivity contribution is -0.141. The van der Waals surface area contributed by atoms with E-state index in [4.69, 9.17) is 23.2 Å². The smallest absolute Gasteiger partial charge is 0.349 e. The molecule has 0 aliphatic carbocycles. The Hall–Kier alpha value is -2.97. The van der Waals surface area contributed by atoms with Crippen molar-refractivity contribution in [1.29, 1.82) is 0 Å². The standard InChI is InChI=1S/C24H21Cl2F3N4O/c1-13(10-15-6-4-3-5-7-15)30-23(34)21-14(2)31-20-12-19(24(27,28)29)32-33(20)22(21)16-8-9-17(25)18(26)11-16/h3-9,11-13,22,31H,10H2,1-2H3,(H,30,34). The Bertz CT molecular complexity index is 1250. The molecule has 1 aliphatic rings. The summed E-state index contributed by atoms with van der Waals surface area (Å²) in [5.74, 6) is -0.297. The van der Waals surface area contributed by atoms with E-state index in [9.17, 15) is 18.0 Å². The number of fused-ring (bicyclic) bond motifs is 1. The van der Waals surface area contributed by atoms with Gasteiger partial charge in [0, 0.05) is 17.8 Å². The molecule has 2 unspecified atom stereocenters. The number of nitrogens with one attached hydrogen (secondary N) is 2. The SMILES string of the molecule is CC1=C(C(=O)NC(C)Cc2ccccc2)C(c2ccc(Cl)c(Cl)c2)n2nc(C(F)(F)F)cc2N1. The molecule has 2 atom stereocenters. The number of rotatable bonds is 5. The van der Waals surface area contributed by atoms with Crippen LogP contribution in [-0.4, -0.2) is 21.7 Å². The predicted octanol–water partition coefficient (Wildman–Crippen LogP) is 6.25. The van der Waals surface area contributed by atoms with Gasteiger partial charge in [0.05, 0.1) is 15.6 Å². The Morgan fingerprint density at radius 2 is 1.85 bits per heavy atom. The van der Waals surface area contributed by atoms with E-state index in [1.54, 1.807) is 13.0 Å². The molecule has 5 nitrogen and oxygen atoms in total. The quantitative estimate of drug-likeness (QED) is 0.428. The van der Waals surface area contributed by atoms with Gasteiger partial charge in [-0.2, -0.15) is 18.3 Å². The number of nitrogens with zero attached hydrogens (tertiary/aromatic N) is 2. The largest absolute Gasteiger partial charge is 0.435 e. The van der Waals surface area contributed by atoms with Crippen LogP contribution in [0.25, 0.3) is 0 Å². The van der Waals surface area contributed by atoms with Gasteiger partial charge in [-0.25, -0.2) is 4.68 Å². The van der Waals surface area contributed by atoms with Crippen LogP contribution in [0, 0.1) is 0 Å². The molecule has 0 fully saturated rings. The first-order valence-corrected chi connectivity index (χ1v) is 11.2. The molecule has 2 N–H and O–H groups in total. The molecule has 0 radical (unpaired) electrons. The van der Waals surface area contributed by atoms with Crippen LogP contribution in [0.1, 0.15) is 36.7 Å². The first-order chi connectivity index (χ1) is 16.0. The number of alkyl halides is 3. The second-order valence-electron chi connectivity index (χ2n) is 8.16. The van der Waals surface area contributed by atoms with E-state index in [0.29, 0.717) is 22.7 Å². The molecular weight excluding hydrogens is 488 g/mol. The average Bonchev–Trinajstić information content (AvgIpc) is 3.19. The van der Waals surface area contributed by atoms with Gasteiger partial charge >= 0.3 is 6.18 Å². The van der Waals surface area contributed by atoms with Crippen molar-refractivity contribution in [3.63, 3.8) is 0 Å². The van der Waals surface area contributed by atoms with E-state index in [2.05, 4.69) is 15.7 Å². The summed E-state index contributed by atoms with van der Waals surface area (Å²) in [6, 6.07) is 14.1. The minimum Gasteiger partial charge on any atom is -0.349 e. The van der Waals surface area contributed by atoms with Crippen molar-refractivity contribution >= 4 is 34.9 Å². The fourth-order valence-electron chi connectivity index (χ4n) is 4.01. The lowest BCUT2D eigenvalue weighted by atomic mass is 9.94. The number of allylic oxidation sites excluding steroid dienone is 1. The fraction of sp³-hybridized carbons (Fsp3) is 0.250. The summed E-state index contributed by atoms with van der Waals surface area (Å²) >= 11 is 12.3. The van der Waals surface area contributed by atoms with Crippen LogP contribution in [-0.2, 0) is 17.4 Å². The molecular formula is C24H21Cl2F3N4O. The number of anilines is 1. The minimum absolute atomic E-state index is 0.120. The maximum Gasteiger partial charge on any atom is 0.435 e. The summed E-state index contributed by atoms with van der Waals surface area (Å²) in [4.78, 5) is 13.4. The van der Waals surface area contributed by atoms with Crippen molar-refractivity contribution < 1.29 is 18.0 Å². The van der Waals surface area contributed by atoms with Crippen LogP contribution in [0.3, 0.4) is 0 Å². The molecule has 0 bridgehead atoms. The third-order valence-electron chi connectivity index (χ3n) is 5.53. The molecule has 1 amide bonds. The second-order valence-corrected chi connectivity index (χ2v) is 8.98.